The number of fused-ring (bicyclic) bond motifs is 1. The third-order valence-corrected chi connectivity index (χ3v) is 8.48. The Bertz CT molecular complexity index is 1220. The SMILES string of the molecule is C[C@@H](O)[C@H]1C(=O)N[C@H](Cc2ccc(F)cc2)C(=O)NCCCc2ccccc2OCCN[C@@H](C2CCCCC2)C(=O)N1C. The first-order valence-corrected chi connectivity index (χ1v) is 15.5. The lowest BCUT2D eigenvalue weighted by Crippen LogP contribution is -2.61. The number of hydrogen-bond acceptors (Lipinski definition) is 6. The van der Waals surface area contributed by atoms with Gasteiger partial charge in [0.05, 0.1) is 12.1 Å². The van der Waals surface area contributed by atoms with Crippen molar-refractivity contribution >= 4 is 17.7 Å². The number of carbonyl (C=O) groups is 3. The summed E-state index contributed by atoms with van der Waals surface area (Å²) in [6.45, 7) is 2.63. The molecule has 1 aliphatic heterocycles. The second-order valence-corrected chi connectivity index (χ2v) is 11.7. The Hall–Kier alpha value is -3.50. The monoisotopic (exact) mass is 596 g/mol. The van der Waals surface area contributed by atoms with Crippen molar-refractivity contribution < 1.29 is 28.6 Å². The molecule has 1 fully saturated rings. The molecule has 0 spiro atoms. The zero-order valence-corrected chi connectivity index (χ0v) is 25.2. The van der Waals surface area contributed by atoms with E-state index in [0.717, 1.165) is 43.4 Å². The minimum absolute atomic E-state index is 0.0938. The number of halogens is 1. The lowest BCUT2D eigenvalue weighted by molar-refractivity contribution is -0.146. The van der Waals surface area contributed by atoms with Gasteiger partial charge in [0.2, 0.25) is 17.7 Å². The Morgan fingerprint density at radius 3 is 2.42 bits per heavy atom. The highest BCUT2D eigenvalue weighted by molar-refractivity contribution is 5.93. The third-order valence-electron chi connectivity index (χ3n) is 8.48. The fraction of sp³-hybridized carbons (Fsp3) is 0.545. The lowest BCUT2D eigenvalue weighted by atomic mass is 9.83. The maximum Gasteiger partial charge on any atom is 0.246 e. The van der Waals surface area contributed by atoms with Gasteiger partial charge in [0.15, 0.2) is 0 Å². The molecule has 2 aliphatic rings. The number of aliphatic hydroxyl groups is 1. The van der Waals surface area contributed by atoms with Crippen molar-refractivity contribution in [2.75, 3.05) is 26.7 Å². The summed E-state index contributed by atoms with van der Waals surface area (Å²) in [6, 6.07) is 10.8. The maximum absolute atomic E-state index is 14.0. The van der Waals surface area contributed by atoms with Gasteiger partial charge in [-0.25, -0.2) is 4.39 Å². The van der Waals surface area contributed by atoms with Crippen molar-refractivity contribution in [2.24, 2.45) is 5.92 Å². The minimum Gasteiger partial charge on any atom is -0.492 e. The van der Waals surface area contributed by atoms with Crippen LogP contribution in [0.3, 0.4) is 0 Å². The first kappa shape index (κ1) is 32.4. The Balaban J connectivity index is 1.62. The molecular weight excluding hydrogens is 551 g/mol. The van der Waals surface area contributed by atoms with Gasteiger partial charge in [0.25, 0.3) is 0 Å². The van der Waals surface area contributed by atoms with Gasteiger partial charge < -0.3 is 30.7 Å². The number of para-hydroxylation sites is 1. The van der Waals surface area contributed by atoms with E-state index in [-0.39, 0.29) is 18.2 Å². The molecule has 0 bridgehead atoms. The molecule has 10 heteroatoms. The van der Waals surface area contributed by atoms with Crippen LogP contribution in [-0.2, 0) is 27.2 Å². The second-order valence-electron chi connectivity index (χ2n) is 11.7. The third kappa shape index (κ3) is 9.00. The van der Waals surface area contributed by atoms with Gasteiger partial charge in [0, 0.05) is 26.6 Å². The van der Waals surface area contributed by atoms with Crippen LogP contribution in [0.2, 0.25) is 0 Å². The van der Waals surface area contributed by atoms with Crippen molar-refractivity contribution in [3.8, 4) is 5.75 Å². The van der Waals surface area contributed by atoms with Crippen LogP contribution in [0.15, 0.2) is 48.5 Å². The molecule has 4 atom stereocenters. The Morgan fingerprint density at radius 1 is 0.977 bits per heavy atom. The molecule has 0 radical (unpaired) electrons. The molecule has 0 aromatic heterocycles. The molecule has 9 nitrogen and oxygen atoms in total. The van der Waals surface area contributed by atoms with E-state index in [9.17, 15) is 23.9 Å². The zero-order chi connectivity index (χ0) is 30.8. The summed E-state index contributed by atoms with van der Waals surface area (Å²) in [7, 11) is 1.52. The number of hydrogen-bond donors (Lipinski definition) is 4. The van der Waals surface area contributed by atoms with Crippen molar-refractivity contribution in [1.29, 1.82) is 0 Å². The molecule has 43 heavy (non-hydrogen) atoms. The largest absolute Gasteiger partial charge is 0.492 e. The smallest absolute Gasteiger partial charge is 0.246 e. The minimum atomic E-state index is -1.22. The Labute approximate surface area is 253 Å². The molecule has 1 heterocycles. The highest BCUT2D eigenvalue weighted by atomic mass is 19.1. The van der Waals surface area contributed by atoms with Crippen LogP contribution in [-0.4, -0.2) is 78.7 Å². The number of aryl methyl sites for hydroxylation is 1. The maximum atomic E-state index is 14.0. The van der Waals surface area contributed by atoms with Crippen molar-refractivity contribution in [3.05, 3.63) is 65.5 Å². The van der Waals surface area contributed by atoms with Gasteiger partial charge in [-0.2, -0.15) is 0 Å². The van der Waals surface area contributed by atoms with Crippen LogP contribution >= 0.6 is 0 Å². The molecule has 0 unspecified atom stereocenters. The summed E-state index contributed by atoms with van der Waals surface area (Å²) in [5.74, 6) is -0.853. The quantitative estimate of drug-likeness (QED) is 0.431. The fourth-order valence-corrected chi connectivity index (χ4v) is 6.16. The molecule has 1 aliphatic carbocycles. The lowest BCUT2D eigenvalue weighted by Gasteiger charge is -2.37. The fourth-order valence-electron chi connectivity index (χ4n) is 6.16. The predicted octanol–water partition coefficient (Wildman–Crippen LogP) is 2.74. The van der Waals surface area contributed by atoms with Crippen LogP contribution in [0.25, 0.3) is 0 Å². The summed E-state index contributed by atoms with van der Waals surface area (Å²) in [4.78, 5) is 42.3. The van der Waals surface area contributed by atoms with Crippen LogP contribution in [0, 0.1) is 11.7 Å². The van der Waals surface area contributed by atoms with Gasteiger partial charge >= 0.3 is 0 Å². The van der Waals surface area contributed by atoms with Gasteiger partial charge in [0.1, 0.15) is 30.3 Å². The van der Waals surface area contributed by atoms with E-state index in [4.69, 9.17) is 4.74 Å². The van der Waals surface area contributed by atoms with E-state index in [1.807, 2.05) is 24.3 Å². The molecule has 234 valence electrons. The number of aliphatic hydroxyl groups excluding tert-OH is 1. The summed E-state index contributed by atoms with van der Waals surface area (Å²) < 4.78 is 19.7. The number of nitrogens with zero attached hydrogens (tertiary/aromatic N) is 1. The predicted molar refractivity (Wildman–Crippen MR) is 162 cm³/mol. The second kappa shape index (κ2) is 15.8. The van der Waals surface area contributed by atoms with E-state index in [1.165, 1.54) is 31.0 Å². The van der Waals surface area contributed by atoms with Gasteiger partial charge in [-0.1, -0.05) is 49.6 Å². The molecule has 4 rings (SSSR count). The molecule has 0 saturated heterocycles. The van der Waals surface area contributed by atoms with Crippen molar-refractivity contribution in [3.63, 3.8) is 0 Å². The molecule has 2 aromatic carbocycles. The number of likely N-dealkylation sites (N-methyl/N-ethyl adjacent to an activating group) is 1. The number of rotatable bonds is 4. The van der Waals surface area contributed by atoms with Crippen LogP contribution < -0.4 is 20.7 Å². The summed E-state index contributed by atoms with van der Waals surface area (Å²) in [6.07, 6.45) is 5.23. The van der Waals surface area contributed by atoms with E-state index in [0.29, 0.717) is 38.1 Å². The van der Waals surface area contributed by atoms with Gasteiger partial charge in [-0.3, -0.25) is 14.4 Å². The standard InChI is InChI=1S/C33H45FN4O5/c1-22(39)30-32(41)37-27(21-23-14-16-26(34)17-15-23)31(40)36-18-8-12-24-9-6-7-13-28(24)43-20-19-35-29(33(42)38(30)2)25-10-4-3-5-11-25/h6-7,9,13-17,22,25,27,29-30,35,39H,3-5,8,10-12,18-21H2,1-2H3,(H,36,40)(H,37,41)/t22-,27-,29+,30+/m1/s1. The number of ether oxygens (including phenoxy) is 1. The topological polar surface area (TPSA) is 120 Å². The van der Waals surface area contributed by atoms with Crippen LogP contribution in [0.5, 0.6) is 5.75 Å². The molecule has 2 aromatic rings. The zero-order valence-electron chi connectivity index (χ0n) is 25.2. The summed E-state index contributed by atoms with van der Waals surface area (Å²) in [5.41, 5.74) is 1.68. The highest BCUT2D eigenvalue weighted by Crippen LogP contribution is 2.28. The van der Waals surface area contributed by atoms with E-state index in [2.05, 4.69) is 16.0 Å². The van der Waals surface area contributed by atoms with Gasteiger partial charge in [-0.15, -0.1) is 0 Å². The van der Waals surface area contributed by atoms with Crippen molar-refractivity contribution in [1.82, 2.24) is 20.9 Å². The molecule has 1 saturated carbocycles. The number of amides is 3. The average Bonchev–Trinajstić information content (AvgIpc) is 3.00. The molecule has 4 N–H and O–H groups in total. The highest BCUT2D eigenvalue weighted by Gasteiger charge is 2.38. The first-order chi connectivity index (χ1) is 20.7. The normalized spacial score (nSPS) is 24.5. The number of benzene rings is 2. The summed E-state index contributed by atoms with van der Waals surface area (Å²) in [5, 5.41) is 19.8. The van der Waals surface area contributed by atoms with Crippen LogP contribution in [0.4, 0.5) is 4.39 Å². The first-order valence-electron chi connectivity index (χ1n) is 15.5. The molecule has 3 amide bonds. The summed E-state index contributed by atoms with van der Waals surface area (Å²) >= 11 is 0. The molecular formula is C33H45FN4O5. The van der Waals surface area contributed by atoms with Crippen molar-refractivity contribution in [2.45, 2.75) is 82.5 Å². The van der Waals surface area contributed by atoms with Gasteiger partial charge in [-0.05, 0) is 67.9 Å². The number of nitrogens with one attached hydrogen (secondary N) is 3. The average molecular weight is 597 g/mol. The Morgan fingerprint density at radius 2 is 1.70 bits per heavy atom. The number of carbonyl (C=O) groups excluding carboxylic acids is 3. The van der Waals surface area contributed by atoms with Crippen LogP contribution in [0.1, 0.15) is 56.6 Å². The van der Waals surface area contributed by atoms with E-state index in [1.54, 1.807) is 12.1 Å². The van der Waals surface area contributed by atoms with E-state index >= 15 is 0 Å². The van der Waals surface area contributed by atoms with E-state index < -0.39 is 41.9 Å². The Kier molecular flexibility index (Phi) is 11.9.